The van der Waals surface area contributed by atoms with Crippen molar-refractivity contribution in [2.24, 2.45) is 0 Å². The number of benzene rings is 2. The second-order valence-electron chi connectivity index (χ2n) is 4.55. The maximum absolute atomic E-state index is 9.00. The fourth-order valence-corrected chi connectivity index (χ4v) is 1.85. The van der Waals surface area contributed by atoms with Crippen LogP contribution in [0.2, 0.25) is 0 Å². The zero-order valence-corrected chi connectivity index (χ0v) is 11.4. The van der Waals surface area contributed by atoms with Crippen molar-refractivity contribution in [3.8, 4) is 5.75 Å². The smallest absolute Gasteiger partial charge is 0.488 e. The fourth-order valence-electron chi connectivity index (χ4n) is 1.85. The van der Waals surface area contributed by atoms with E-state index < -0.39 is 7.12 Å². The van der Waals surface area contributed by atoms with Crippen LogP contribution in [-0.4, -0.2) is 37.4 Å². The third kappa shape index (κ3) is 4.01. The lowest BCUT2D eigenvalue weighted by atomic mass is 9.80. The Bertz CT molecular complexity index is 516. The molecule has 20 heavy (non-hydrogen) atoms. The molecule has 2 rings (SSSR count). The van der Waals surface area contributed by atoms with E-state index in [4.69, 9.17) is 14.8 Å². The van der Waals surface area contributed by atoms with Crippen LogP contribution in [-0.2, 0) is 0 Å². The summed E-state index contributed by atoms with van der Waals surface area (Å²) in [6, 6.07) is 16.9. The van der Waals surface area contributed by atoms with Gasteiger partial charge >= 0.3 is 7.12 Å². The molecule has 0 aliphatic heterocycles. The summed E-state index contributed by atoms with van der Waals surface area (Å²) < 4.78 is 5.63. The third-order valence-corrected chi connectivity index (χ3v) is 3.07. The van der Waals surface area contributed by atoms with Gasteiger partial charge in [0, 0.05) is 12.7 Å². The molecule has 0 amide bonds. The lowest BCUT2D eigenvalue weighted by Crippen LogP contribution is -2.29. The highest BCUT2D eigenvalue weighted by atomic mass is 16.5. The number of hydrogen-bond acceptors (Lipinski definition) is 4. The molecule has 2 aromatic carbocycles. The maximum Gasteiger partial charge on any atom is 0.488 e. The van der Waals surface area contributed by atoms with Gasteiger partial charge in [-0.15, -0.1) is 0 Å². The SMILES string of the molecule is CN(CCOc1ccc(B(O)O)cc1)c1ccccc1. The number of para-hydroxylation sites is 1. The first-order valence-corrected chi connectivity index (χ1v) is 6.52. The quantitative estimate of drug-likeness (QED) is 0.766. The van der Waals surface area contributed by atoms with Crippen LogP contribution in [0.25, 0.3) is 0 Å². The summed E-state index contributed by atoms with van der Waals surface area (Å²) in [6.07, 6.45) is 0. The van der Waals surface area contributed by atoms with Gasteiger partial charge < -0.3 is 19.7 Å². The molecule has 0 heterocycles. The van der Waals surface area contributed by atoms with E-state index in [0.717, 1.165) is 18.0 Å². The van der Waals surface area contributed by atoms with Gasteiger partial charge in [0.2, 0.25) is 0 Å². The first-order valence-electron chi connectivity index (χ1n) is 6.52. The van der Waals surface area contributed by atoms with Crippen LogP contribution >= 0.6 is 0 Å². The van der Waals surface area contributed by atoms with Crippen LogP contribution in [0.1, 0.15) is 0 Å². The van der Waals surface area contributed by atoms with Crippen molar-refractivity contribution >= 4 is 18.3 Å². The Morgan fingerprint density at radius 2 is 1.65 bits per heavy atom. The van der Waals surface area contributed by atoms with E-state index in [2.05, 4.69) is 17.0 Å². The van der Waals surface area contributed by atoms with Gasteiger partial charge in [-0.25, -0.2) is 0 Å². The van der Waals surface area contributed by atoms with E-state index in [9.17, 15) is 0 Å². The minimum atomic E-state index is -1.44. The fraction of sp³-hybridized carbons (Fsp3) is 0.200. The van der Waals surface area contributed by atoms with E-state index in [0.29, 0.717) is 12.1 Å². The molecule has 0 saturated heterocycles. The largest absolute Gasteiger partial charge is 0.492 e. The highest BCUT2D eigenvalue weighted by molar-refractivity contribution is 6.58. The van der Waals surface area contributed by atoms with Gasteiger partial charge in [0.25, 0.3) is 0 Å². The van der Waals surface area contributed by atoms with E-state index in [1.54, 1.807) is 24.3 Å². The molecule has 0 bridgehead atoms. The number of nitrogens with zero attached hydrogens (tertiary/aromatic N) is 1. The molecule has 2 aromatic rings. The molecule has 0 saturated carbocycles. The molecule has 0 unspecified atom stereocenters. The average Bonchev–Trinajstić information content (AvgIpc) is 2.48. The molecule has 0 fully saturated rings. The van der Waals surface area contributed by atoms with Gasteiger partial charge in [0.1, 0.15) is 12.4 Å². The van der Waals surface area contributed by atoms with Crippen molar-refractivity contribution in [1.29, 1.82) is 0 Å². The third-order valence-electron chi connectivity index (χ3n) is 3.07. The lowest BCUT2D eigenvalue weighted by molar-refractivity contribution is 0.326. The van der Waals surface area contributed by atoms with Gasteiger partial charge in [0.15, 0.2) is 0 Å². The van der Waals surface area contributed by atoms with Crippen LogP contribution in [0.3, 0.4) is 0 Å². The predicted molar refractivity (Wildman–Crippen MR) is 81.5 cm³/mol. The summed E-state index contributed by atoms with van der Waals surface area (Å²) in [5, 5.41) is 18.0. The second kappa shape index (κ2) is 6.98. The number of anilines is 1. The number of hydrogen-bond donors (Lipinski definition) is 2. The first kappa shape index (κ1) is 14.4. The molecule has 2 N–H and O–H groups in total. The van der Waals surface area contributed by atoms with Gasteiger partial charge in [-0.05, 0) is 29.7 Å². The average molecular weight is 271 g/mol. The monoisotopic (exact) mass is 271 g/mol. The molecule has 4 nitrogen and oxygen atoms in total. The van der Waals surface area contributed by atoms with E-state index in [1.165, 1.54) is 0 Å². The Morgan fingerprint density at radius 3 is 2.25 bits per heavy atom. The van der Waals surface area contributed by atoms with E-state index >= 15 is 0 Å². The Morgan fingerprint density at radius 1 is 1.00 bits per heavy atom. The minimum Gasteiger partial charge on any atom is -0.492 e. The maximum atomic E-state index is 9.00. The van der Waals surface area contributed by atoms with Gasteiger partial charge in [-0.2, -0.15) is 0 Å². The van der Waals surface area contributed by atoms with Crippen molar-refractivity contribution in [2.45, 2.75) is 0 Å². The topological polar surface area (TPSA) is 52.9 Å². The molecule has 0 aliphatic carbocycles. The first-order chi connectivity index (χ1) is 9.66. The lowest BCUT2D eigenvalue weighted by Gasteiger charge is -2.19. The van der Waals surface area contributed by atoms with Crippen LogP contribution in [0.5, 0.6) is 5.75 Å². The Labute approximate surface area is 119 Å². The summed E-state index contributed by atoms with van der Waals surface area (Å²) in [4.78, 5) is 2.12. The molecule has 0 aliphatic rings. The Kier molecular flexibility index (Phi) is 5.04. The summed E-state index contributed by atoms with van der Waals surface area (Å²) in [7, 11) is 0.581. The molecule has 0 aromatic heterocycles. The molecular weight excluding hydrogens is 253 g/mol. The van der Waals surface area contributed by atoms with Gasteiger partial charge in [0.05, 0.1) is 6.54 Å². The molecular formula is C15H18BNO3. The standard InChI is InChI=1S/C15H18BNO3/c1-17(14-5-3-2-4-6-14)11-12-20-15-9-7-13(8-10-15)16(18)19/h2-10,18-19H,11-12H2,1H3. The summed E-state index contributed by atoms with van der Waals surface area (Å²) in [6.45, 7) is 1.33. The van der Waals surface area contributed by atoms with Crippen molar-refractivity contribution in [2.75, 3.05) is 25.1 Å². The molecule has 0 radical (unpaired) electrons. The summed E-state index contributed by atoms with van der Waals surface area (Å²) >= 11 is 0. The molecule has 0 spiro atoms. The van der Waals surface area contributed by atoms with E-state index in [-0.39, 0.29) is 0 Å². The van der Waals surface area contributed by atoms with Crippen LogP contribution in [0.15, 0.2) is 54.6 Å². The van der Waals surface area contributed by atoms with Gasteiger partial charge in [-0.1, -0.05) is 30.3 Å². The minimum absolute atomic E-state index is 0.457. The zero-order valence-electron chi connectivity index (χ0n) is 11.4. The molecule has 0 atom stereocenters. The van der Waals surface area contributed by atoms with Gasteiger partial charge in [-0.3, -0.25) is 0 Å². The summed E-state index contributed by atoms with van der Waals surface area (Å²) in [5.74, 6) is 0.718. The number of likely N-dealkylation sites (N-methyl/N-ethyl adjacent to an activating group) is 1. The van der Waals surface area contributed by atoms with Crippen molar-refractivity contribution in [3.63, 3.8) is 0 Å². The Hall–Kier alpha value is -1.98. The van der Waals surface area contributed by atoms with Crippen molar-refractivity contribution < 1.29 is 14.8 Å². The number of ether oxygens (including phenoxy) is 1. The summed E-state index contributed by atoms with van der Waals surface area (Å²) in [5.41, 5.74) is 1.61. The van der Waals surface area contributed by atoms with Crippen LogP contribution in [0.4, 0.5) is 5.69 Å². The van der Waals surface area contributed by atoms with E-state index in [1.807, 2.05) is 25.2 Å². The zero-order chi connectivity index (χ0) is 14.4. The predicted octanol–water partition coefficient (Wildman–Crippen LogP) is 0.882. The number of rotatable bonds is 6. The Balaban J connectivity index is 1.81. The normalized spacial score (nSPS) is 10.2. The second-order valence-corrected chi connectivity index (χ2v) is 4.55. The van der Waals surface area contributed by atoms with Crippen LogP contribution in [0, 0.1) is 0 Å². The van der Waals surface area contributed by atoms with Crippen molar-refractivity contribution in [1.82, 2.24) is 0 Å². The van der Waals surface area contributed by atoms with Crippen molar-refractivity contribution in [3.05, 3.63) is 54.6 Å². The molecule has 5 heteroatoms. The molecule has 104 valence electrons. The highest BCUT2D eigenvalue weighted by Crippen LogP contribution is 2.11. The van der Waals surface area contributed by atoms with Crippen LogP contribution < -0.4 is 15.1 Å². The highest BCUT2D eigenvalue weighted by Gasteiger charge is 2.09.